The standard InChI is InChI=1S/C20H30FN3O3/c1-16(25)22-13-20(26)24(11-12-27-2)14-17-7-9-23(10-8-17)15-18-5-3-4-6-19(18)21/h3-6,17H,7-15H2,1-2H3,(H,22,25). The number of hydrogen-bond acceptors (Lipinski definition) is 4. The van der Waals surface area contributed by atoms with Gasteiger partial charge < -0.3 is 15.0 Å². The number of carbonyl (C=O) groups excluding carboxylic acids is 2. The SMILES string of the molecule is COCCN(CC1CCN(Cc2ccccc2F)CC1)C(=O)CNC(C)=O. The minimum Gasteiger partial charge on any atom is -0.383 e. The third-order valence-electron chi connectivity index (χ3n) is 4.94. The summed E-state index contributed by atoms with van der Waals surface area (Å²) in [6.45, 7) is 5.46. The maximum Gasteiger partial charge on any atom is 0.242 e. The Morgan fingerprint density at radius 1 is 1.30 bits per heavy atom. The second kappa shape index (κ2) is 11.0. The highest BCUT2D eigenvalue weighted by Crippen LogP contribution is 2.21. The molecule has 0 aromatic heterocycles. The highest BCUT2D eigenvalue weighted by Gasteiger charge is 2.24. The van der Waals surface area contributed by atoms with Crippen LogP contribution in [-0.2, 0) is 20.9 Å². The molecule has 1 aliphatic heterocycles. The predicted octanol–water partition coefficient (Wildman–Crippen LogP) is 1.65. The molecule has 0 spiro atoms. The zero-order valence-corrected chi connectivity index (χ0v) is 16.2. The van der Waals surface area contributed by atoms with E-state index < -0.39 is 0 Å². The predicted molar refractivity (Wildman–Crippen MR) is 102 cm³/mol. The molecular weight excluding hydrogens is 349 g/mol. The van der Waals surface area contributed by atoms with Crippen LogP contribution in [0.25, 0.3) is 0 Å². The van der Waals surface area contributed by atoms with Crippen molar-refractivity contribution in [2.75, 3.05) is 46.4 Å². The van der Waals surface area contributed by atoms with Gasteiger partial charge in [0.15, 0.2) is 0 Å². The van der Waals surface area contributed by atoms with Gasteiger partial charge in [-0.25, -0.2) is 4.39 Å². The van der Waals surface area contributed by atoms with Gasteiger partial charge in [-0.2, -0.15) is 0 Å². The van der Waals surface area contributed by atoms with E-state index in [0.29, 0.717) is 32.2 Å². The minimum atomic E-state index is -0.212. The first-order valence-corrected chi connectivity index (χ1v) is 9.46. The summed E-state index contributed by atoms with van der Waals surface area (Å²) in [7, 11) is 1.61. The fourth-order valence-corrected chi connectivity index (χ4v) is 3.34. The summed E-state index contributed by atoms with van der Waals surface area (Å²) < 4.78 is 18.9. The number of halogens is 1. The van der Waals surface area contributed by atoms with E-state index in [4.69, 9.17) is 4.74 Å². The zero-order chi connectivity index (χ0) is 19.6. The van der Waals surface area contributed by atoms with Crippen LogP contribution in [0.4, 0.5) is 4.39 Å². The summed E-state index contributed by atoms with van der Waals surface area (Å²) in [5.41, 5.74) is 0.725. The average Bonchev–Trinajstić information content (AvgIpc) is 2.66. The first-order valence-electron chi connectivity index (χ1n) is 9.46. The number of hydrogen-bond donors (Lipinski definition) is 1. The van der Waals surface area contributed by atoms with E-state index in [9.17, 15) is 14.0 Å². The van der Waals surface area contributed by atoms with Crippen LogP contribution in [0.3, 0.4) is 0 Å². The summed E-state index contributed by atoms with van der Waals surface area (Å²) in [6.07, 6.45) is 1.93. The molecular formula is C20H30FN3O3. The van der Waals surface area contributed by atoms with Crippen LogP contribution in [0, 0.1) is 11.7 Å². The molecule has 0 unspecified atom stereocenters. The van der Waals surface area contributed by atoms with Crippen LogP contribution >= 0.6 is 0 Å². The number of methoxy groups -OCH3 is 1. The van der Waals surface area contributed by atoms with Gasteiger partial charge in [0.2, 0.25) is 11.8 Å². The molecule has 1 N–H and O–H groups in total. The summed E-state index contributed by atoms with van der Waals surface area (Å²) >= 11 is 0. The molecule has 1 aromatic rings. The minimum absolute atomic E-state index is 0.0190. The number of likely N-dealkylation sites (tertiary alicyclic amines) is 1. The Labute approximate surface area is 160 Å². The molecule has 27 heavy (non-hydrogen) atoms. The Hall–Kier alpha value is -1.99. The van der Waals surface area contributed by atoms with Gasteiger partial charge >= 0.3 is 0 Å². The third-order valence-corrected chi connectivity index (χ3v) is 4.94. The van der Waals surface area contributed by atoms with Crippen LogP contribution < -0.4 is 5.32 Å². The van der Waals surface area contributed by atoms with Crippen molar-refractivity contribution in [3.05, 3.63) is 35.6 Å². The number of amides is 2. The van der Waals surface area contributed by atoms with Gasteiger partial charge in [0.1, 0.15) is 5.82 Å². The van der Waals surface area contributed by atoms with Gasteiger partial charge in [0.05, 0.1) is 13.2 Å². The number of ether oxygens (including phenoxy) is 1. The lowest BCUT2D eigenvalue weighted by atomic mass is 9.95. The van der Waals surface area contributed by atoms with Crippen LogP contribution in [0.5, 0.6) is 0 Å². The number of nitrogens with zero attached hydrogens (tertiary/aromatic N) is 2. The monoisotopic (exact) mass is 379 g/mol. The number of carbonyl (C=O) groups is 2. The molecule has 0 saturated carbocycles. The van der Waals surface area contributed by atoms with Crippen LogP contribution in [0.15, 0.2) is 24.3 Å². The molecule has 1 saturated heterocycles. The van der Waals surface area contributed by atoms with Crippen molar-refractivity contribution in [2.24, 2.45) is 5.92 Å². The fraction of sp³-hybridized carbons (Fsp3) is 0.600. The highest BCUT2D eigenvalue weighted by atomic mass is 19.1. The van der Waals surface area contributed by atoms with E-state index in [1.165, 1.54) is 13.0 Å². The molecule has 1 aliphatic rings. The second-order valence-electron chi connectivity index (χ2n) is 7.05. The van der Waals surface area contributed by atoms with E-state index in [1.54, 1.807) is 18.1 Å². The van der Waals surface area contributed by atoms with Gasteiger partial charge in [-0.05, 0) is 37.9 Å². The van der Waals surface area contributed by atoms with E-state index >= 15 is 0 Å². The summed E-state index contributed by atoms with van der Waals surface area (Å²) in [5, 5.41) is 2.56. The first-order chi connectivity index (χ1) is 13.0. The van der Waals surface area contributed by atoms with Crippen molar-refractivity contribution in [3.8, 4) is 0 Å². The molecule has 7 heteroatoms. The Morgan fingerprint density at radius 3 is 2.63 bits per heavy atom. The molecule has 2 amide bonds. The Morgan fingerprint density at radius 2 is 2.00 bits per heavy atom. The number of nitrogens with one attached hydrogen (secondary N) is 1. The van der Waals surface area contributed by atoms with Crippen LogP contribution in [-0.4, -0.2) is 68.1 Å². The van der Waals surface area contributed by atoms with Crippen molar-refractivity contribution in [1.82, 2.24) is 15.1 Å². The summed E-state index contributed by atoms with van der Waals surface area (Å²) in [5.74, 6) is -0.0542. The van der Waals surface area contributed by atoms with Gasteiger partial charge in [0, 0.05) is 39.2 Å². The highest BCUT2D eigenvalue weighted by molar-refractivity contribution is 5.83. The van der Waals surface area contributed by atoms with Gasteiger partial charge in [-0.3, -0.25) is 14.5 Å². The van der Waals surface area contributed by atoms with Crippen molar-refractivity contribution in [3.63, 3.8) is 0 Å². The Kier molecular flexibility index (Phi) is 8.67. The lowest BCUT2D eigenvalue weighted by Gasteiger charge is -2.35. The molecule has 6 nitrogen and oxygen atoms in total. The Bertz CT molecular complexity index is 618. The molecule has 0 aliphatic carbocycles. The van der Waals surface area contributed by atoms with Crippen molar-refractivity contribution < 1.29 is 18.7 Å². The lowest BCUT2D eigenvalue weighted by molar-refractivity contribution is -0.133. The van der Waals surface area contributed by atoms with Crippen LogP contribution in [0.2, 0.25) is 0 Å². The first kappa shape index (κ1) is 21.3. The van der Waals surface area contributed by atoms with Gasteiger partial charge in [-0.1, -0.05) is 18.2 Å². The molecule has 2 rings (SSSR count). The normalized spacial score (nSPS) is 15.5. The van der Waals surface area contributed by atoms with Crippen LogP contribution in [0.1, 0.15) is 25.3 Å². The third kappa shape index (κ3) is 7.27. The topological polar surface area (TPSA) is 61.9 Å². The largest absolute Gasteiger partial charge is 0.383 e. The molecule has 1 heterocycles. The molecule has 0 bridgehead atoms. The number of piperidine rings is 1. The van der Waals surface area contributed by atoms with E-state index in [1.807, 2.05) is 12.1 Å². The molecule has 0 radical (unpaired) electrons. The summed E-state index contributed by atoms with van der Waals surface area (Å²) in [6, 6.07) is 6.89. The smallest absolute Gasteiger partial charge is 0.242 e. The Balaban J connectivity index is 1.82. The molecule has 0 atom stereocenters. The van der Waals surface area contributed by atoms with Gasteiger partial charge in [-0.15, -0.1) is 0 Å². The molecule has 1 fully saturated rings. The van der Waals surface area contributed by atoms with Crippen molar-refractivity contribution in [1.29, 1.82) is 0 Å². The second-order valence-corrected chi connectivity index (χ2v) is 7.05. The molecule has 150 valence electrons. The quantitative estimate of drug-likeness (QED) is 0.709. The summed E-state index contributed by atoms with van der Waals surface area (Å²) in [4.78, 5) is 27.5. The van der Waals surface area contributed by atoms with Crippen molar-refractivity contribution >= 4 is 11.8 Å². The maximum absolute atomic E-state index is 13.8. The maximum atomic E-state index is 13.8. The number of rotatable bonds is 9. The fourth-order valence-electron chi connectivity index (χ4n) is 3.34. The van der Waals surface area contributed by atoms with E-state index in [2.05, 4.69) is 10.2 Å². The zero-order valence-electron chi connectivity index (χ0n) is 16.2. The van der Waals surface area contributed by atoms with E-state index in [-0.39, 0.29) is 24.2 Å². The van der Waals surface area contributed by atoms with E-state index in [0.717, 1.165) is 31.5 Å². The van der Waals surface area contributed by atoms with Crippen molar-refractivity contribution in [2.45, 2.75) is 26.3 Å². The van der Waals surface area contributed by atoms with Gasteiger partial charge in [0.25, 0.3) is 0 Å². The molecule has 1 aromatic carbocycles. The lowest BCUT2D eigenvalue weighted by Crippen LogP contribution is -2.45. The number of benzene rings is 1. The average molecular weight is 379 g/mol.